The van der Waals surface area contributed by atoms with E-state index < -0.39 is 12.1 Å². The first-order valence-electron chi connectivity index (χ1n) is 9.62. The molecule has 0 saturated heterocycles. The molecule has 1 atom stereocenters. The Hall–Kier alpha value is -1.35. The number of rotatable bonds is 14. The van der Waals surface area contributed by atoms with Gasteiger partial charge in [-0.25, -0.2) is 4.79 Å². The highest BCUT2D eigenvalue weighted by molar-refractivity contribution is 5.72. The minimum Gasteiger partial charge on any atom is -0.479 e. The molecular weight excluding hydrogens is 300 g/mol. The van der Waals surface area contributed by atoms with Gasteiger partial charge in [-0.1, -0.05) is 89.0 Å². The van der Waals surface area contributed by atoms with Gasteiger partial charge in [0, 0.05) is 6.42 Å². The Balaban J connectivity index is 2.18. The molecule has 2 N–H and O–H groups in total. The van der Waals surface area contributed by atoms with Gasteiger partial charge < -0.3 is 10.2 Å². The maximum Gasteiger partial charge on any atom is 0.332 e. The molecule has 0 aliphatic rings. The van der Waals surface area contributed by atoms with Crippen LogP contribution in [0.5, 0.6) is 0 Å². The van der Waals surface area contributed by atoms with Crippen LogP contribution in [0.4, 0.5) is 0 Å². The number of aryl methyl sites for hydroxylation is 1. The lowest BCUT2D eigenvalue weighted by atomic mass is 9.96. The molecule has 24 heavy (non-hydrogen) atoms. The lowest BCUT2D eigenvalue weighted by Gasteiger charge is -2.11. The third-order valence-corrected chi connectivity index (χ3v) is 4.62. The molecular formula is C21H34O3. The molecule has 1 aromatic carbocycles. The molecule has 1 aromatic rings. The molecule has 0 aliphatic carbocycles. The summed E-state index contributed by atoms with van der Waals surface area (Å²) in [5.41, 5.74) is 2.14. The second kappa shape index (κ2) is 13.0. The van der Waals surface area contributed by atoms with Gasteiger partial charge in [0.25, 0.3) is 0 Å². The molecule has 0 aliphatic heterocycles. The fourth-order valence-electron chi connectivity index (χ4n) is 3.10. The first kappa shape index (κ1) is 20.7. The first-order valence-corrected chi connectivity index (χ1v) is 9.62. The standard InChI is InChI=1S/C21H34O3/c1-2-3-4-5-6-7-8-9-10-11-14-18-15-12-13-16-19(18)17-20(22)21(23)24/h12-13,15-16,20,22H,2-11,14,17H2,1H3,(H,23,24). The Morgan fingerprint density at radius 1 is 0.875 bits per heavy atom. The second-order valence-corrected chi connectivity index (χ2v) is 6.76. The highest BCUT2D eigenvalue weighted by atomic mass is 16.4. The SMILES string of the molecule is CCCCCCCCCCCCc1ccccc1CC(O)C(=O)O. The summed E-state index contributed by atoms with van der Waals surface area (Å²) in [4.78, 5) is 10.8. The molecule has 0 radical (unpaired) electrons. The van der Waals surface area contributed by atoms with Crippen LogP contribution in [0.3, 0.4) is 0 Å². The highest BCUT2D eigenvalue weighted by Gasteiger charge is 2.15. The summed E-state index contributed by atoms with van der Waals surface area (Å²) in [6.45, 7) is 2.25. The summed E-state index contributed by atoms with van der Waals surface area (Å²) in [5.74, 6) is -1.15. The number of aliphatic hydroxyl groups excluding tert-OH is 1. The molecule has 0 bridgehead atoms. The molecule has 0 aromatic heterocycles. The van der Waals surface area contributed by atoms with Crippen molar-refractivity contribution in [2.75, 3.05) is 0 Å². The first-order chi connectivity index (χ1) is 11.6. The number of hydrogen-bond donors (Lipinski definition) is 2. The monoisotopic (exact) mass is 334 g/mol. The van der Waals surface area contributed by atoms with Crippen LogP contribution in [0.1, 0.15) is 82.3 Å². The van der Waals surface area contributed by atoms with E-state index in [1.807, 2.05) is 18.2 Å². The van der Waals surface area contributed by atoms with Crippen molar-refractivity contribution in [3.05, 3.63) is 35.4 Å². The largest absolute Gasteiger partial charge is 0.479 e. The molecule has 3 heteroatoms. The Kier molecular flexibility index (Phi) is 11.2. The van der Waals surface area contributed by atoms with Gasteiger partial charge in [0.2, 0.25) is 0 Å². The predicted molar refractivity (Wildman–Crippen MR) is 99.3 cm³/mol. The van der Waals surface area contributed by atoms with Gasteiger partial charge in [0.05, 0.1) is 0 Å². The Labute approximate surface area is 147 Å². The molecule has 3 nitrogen and oxygen atoms in total. The lowest BCUT2D eigenvalue weighted by Crippen LogP contribution is -2.22. The number of carbonyl (C=O) groups is 1. The minimum absolute atomic E-state index is 0.198. The van der Waals surface area contributed by atoms with Gasteiger partial charge in [-0.15, -0.1) is 0 Å². The van der Waals surface area contributed by atoms with Crippen molar-refractivity contribution >= 4 is 5.97 Å². The van der Waals surface area contributed by atoms with Crippen LogP contribution in [0.2, 0.25) is 0 Å². The molecule has 0 heterocycles. The zero-order valence-electron chi connectivity index (χ0n) is 15.2. The number of carboxylic acid groups (broad SMARTS) is 1. The predicted octanol–water partition coefficient (Wildman–Crippen LogP) is 5.14. The summed E-state index contributed by atoms with van der Waals surface area (Å²) in [7, 11) is 0. The molecule has 0 amide bonds. The quantitative estimate of drug-likeness (QED) is 0.463. The molecule has 0 saturated carbocycles. The van der Waals surface area contributed by atoms with Crippen LogP contribution in [0.15, 0.2) is 24.3 Å². The van der Waals surface area contributed by atoms with Gasteiger partial charge in [0.1, 0.15) is 0 Å². The topological polar surface area (TPSA) is 57.5 Å². The zero-order valence-corrected chi connectivity index (χ0v) is 15.2. The summed E-state index contributed by atoms with van der Waals surface area (Å²) in [6.07, 6.45) is 13.0. The van der Waals surface area contributed by atoms with Crippen LogP contribution in [-0.2, 0) is 17.6 Å². The van der Waals surface area contributed by atoms with Gasteiger partial charge >= 0.3 is 5.97 Å². The minimum atomic E-state index is -1.31. The van der Waals surface area contributed by atoms with Crippen LogP contribution in [0, 0.1) is 0 Å². The number of aliphatic carboxylic acids is 1. The van der Waals surface area contributed by atoms with E-state index in [4.69, 9.17) is 5.11 Å². The van der Waals surface area contributed by atoms with E-state index in [0.717, 1.165) is 18.4 Å². The summed E-state index contributed by atoms with van der Waals surface area (Å²) < 4.78 is 0. The maximum atomic E-state index is 10.8. The Morgan fingerprint density at radius 3 is 1.92 bits per heavy atom. The van der Waals surface area contributed by atoms with E-state index in [9.17, 15) is 9.90 Å². The van der Waals surface area contributed by atoms with E-state index in [1.165, 1.54) is 63.4 Å². The van der Waals surface area contributed by atoms with Crippen molar-refractivity contribution in [1.29, 1.82) is 0 Å². The number of benzene rings is 1. The smallest absolute Gasteiger partial charge is 0.332 e. The summed E-state index contributed by atoms with van der Waals surface area (Å²) in [6, 6.07) is 7.88. The van der Waals surface area contributed by atoms with Gasteiger partial charge in [-0.3, -0.25) is 0 Å². The van der Waals surface area contributed by atoms with Crippen LogP contribution >= 0.6 is 0 Å². The van der Waals surface area contributed by atoms with Crippen molar-refractivity contribution in [2.45, 2.75) is 90.1 Å². The van der Waals surface area contributed by atoms with E-state index in [1.54, 1.807) is 0 Å². The maximum absolute atomic E-state index is 10.8. The van der Waals surface area contributed by atoms with Crippen molar-refractivity contribution in [1.82, 2.24) is 0 Å². The van der Waals surface area contributed by atoms with Crippen molar-refractivity contribution < 1.29 is 15.0 Å². The van der Waals surface area contributed by atoms with Crippen LogP contribution in [0.25, 0.3) is 0 Å². The number of carboxylic acids is 1. The van der Waals surface area contributed by atoms with E-state index in [0.29, 0.717) is 0 Å². The van der Waals surface area contributed by atoms with Crippen molar-refractivity contribution in [2.24, 2.45) is 0 Å². The van der Waals surface area contributed by atoms with Gasteiger partial charge in [-0.2, -0.15) is 0 Å². The van der Waals surface area contributed by atoms with Gasteiger partial charge in [-0.05, 0) is 24.0 Å². The van der Waals surface area contributed by atoms with E-state index in [2.05, 4.69) is 13.0 Å². The number of aliphatic hydroxyl groups is 1. The third kappa shape index (κ3) is 9.07. The molecule has 136 valence electrons. The Morgan fingerprint density at radius 2 is 1.38 bits per heavy atom. The van der Waals surface area contributed by atoms with Gasteiger partial charge in [0.15, 0.2) is 6.10 Å². The fraction of sp³-hybridized carbons (Fsp3) is 0.667. The molecule has 1 unspecified atom stereocenters. The number of unbranched alkanes of at least 4 members (excludes halogenated alkanes) is 9. The average Bonchev–Trinajstić information content (AvgIpc) is 2.57. The Bertz CT molecular complexity index is 456. The molecule has 0 fully saturated rings. The normalized spacial score (nSPS) is 12.2. The third-order valence-electron chi connectivity index (χ3n) is 4.62. The summed E-state index contributed by atoms with van der Waals surface area (Å²) in [5, 5.41) is 18.4. The van der Waals surface area contributed by atoms with E-state index >= 15 is 0 Å². The lowest BCUT2D eigenvalue weighted by molar-refractivity contribution is -0.146. The molecule has 0 spiro atoms. The van der Waals surface area contributed by atoms with Crippen LogP contribution < -0.4 is 0 Å². The second-order valence-electron chi connectivity index (χ2n) is 6.76. The van der Waals surface area contributed by atoms with Crippen LogP contribution in [-0.4, -0.2) is 22.3 Å². The fourth-order valence-corrected chi connectivity index (χ4v) is 3.10. The highest BCUT2D eigenvalue weighted by Crippen LogP contribution is 2.16. The summed E-state index contributed by atoms with van der Waals surface area (Å²) >= 11 is 0. The molecule has 1 rings (SSSR count). The van der Waals surface area contributed by atoms with Crippen molar-refractivity contribution in [3.63, 3.8) is 0 Å². The van der Waals surface area contributed by atoms with E-state index in [-0.39, 0.29) is 6.42 Å². The average molecular weight is 335 g/mol. The zero-order chi connectivity index (χ0) is 17.6. The van der Waals surface area contributed by atoms with Crippen molar-refractivity contribution in [3.8, 4) is 0 Å². The number of hydrogen-bond acceptors (Lipinski definition) is 2.